The van der Waals surface area contributed by atoms with Crippen LogP contribution in [0.4, 0.5) is 0 Å². The molecule has 12 heavy (non-hydrogen) atoms. The quantitative estimate of drug-likeness (QED) is 0.713. The van der Waals surface area contributed by atoms with Gasteiger partial charge in [-0.1, -0.05) is 11.6 Å². The van der Waals surface area contributed by atoms with Crippen LogP contribution in [0.3, 0.4) is 0 Å². The van der Waals surface area contributed by atoms with E-state index >= 15 is 0 Å². The Morgan fingerprint density at radius 3 is 2.33 bits per heavy atom. The van der Waals surface area contributed by atoms with E-state index in [0.717, 1.165) is 18.2 Å². The van der Waals surface area contributed by atoms with Crippen LogP contribution >= 0.6 is 11.6 Å². The molecule has 0 bridgehead atoms. The normalized spacial score (nSPS) is 11.5. The first-order valence-corrected chi connectivity index (χ1v) is 4.67. The van der Waals surface area contributed by atoms with E-state index in [-0.39, 0.29) is 5.02 Å². The fourth-order valence-corrected chi connectivity index (χ4v) is 1.70. The largest absolute Gasteiger partial charge is 0.296 e. The fourth-order valence-electron chi connectivity index (χ4n) is 0.691. The molecule has 0 heterocycles. The van der Waals surface area contributed by atoms with E-state index in [2.05, 4.69) is 0 Å². The van der Waals surface area contributed by atoms with Gasteiger partial charge in [0, 0.05) is 6.07 Å². The molecule has 0 amide bonds. The maximum Gasteiger partial charge on any atom is 0.296 e. The van der Waals surface area contributed by atoms with E-state index in [1.807, 2.05) is 0 Å². The van der Waals surface area contributed by atoms with E-state index in [1.165, 1.54) is 0 Å². The topological polar surface area (TPSA) is 74.3 Å². The molecule has 6 heteroatoms. The minimum Gasteiger partial charge on any atom is -0.290 e. The van der Waals surface area contributed by atoms with Gasteiger partial charge in [0.05, 0.1) is 5.02 Å². The molecule has 1 rings (SSSR count). The molecule has 0 saturated carbocycles. The Labute approximate surface area is 74.2 Å². The molecular weight excluding hydrogens is 204 g/mol. The van der Waals surface area contributed by atoms with Crippen LogP contribution < -0.4 is 0 Å². The van der Waals surface area contributed by atoms with Crippen molar-refractivity contribution in [2.75, 3.05) is 0 Å². The second-order valence-corrected chi connectivity index (χ2v) is 3.86. The van der Waals surface area contributed by atoms with Gasteiger partial charge in [-0.05, 0) is 12.1 Å². The molecule has 0 aliphatic heterocycles. The van der Waals surface area contributed by atoms with Crippen molar-refractivity contribution in [3.63, 3.8) is 0 Å². The Kier molecular flexibility index (Phi) is 2.27. The second kappa shape index (κ2) is 2.93. The number of hydrogen-bond donors (Lipinski definition) is 1. The predicted octanol–water partition coefficient (Wildman–Crippen LogP) is 1.73. The highest BCUT2D eigenvalue weighted by Crippen LogP contribution is 2.25. The lowest BCUT2D eigenvalue weighted by Gasteiger charge is -1.98. The molecule has 0 fully saturated rings. The third-order valence-electron chi connectivity index (χ3n) is 1.18. The summed E-state index contributed by atoms with van der Waals surface area (Å²) in [5.74, 6) is -0.410. The van der Waals surface area contributed by atoms with Gasteiger partial charge in [-0.3, -0.25) is 9.66 Å². The van der Waals surface area contributed by atoms with Crippen LogP contribution in [0.1, 0.15) is 0 Å². The monoisotopic (exact) mass is 207 g/mol. The highest BCUT2D eigenvalue weighted by molar-refractivity contribution is 7.86. The molecule has 65 valence electrons. The summed E-state index contributed by atoms with van der Waals surface area (Å²) in [6, 6.07) is 2.89. The summed E-state index contributed by atoms with van der Waals surface area (Å²) in [6.07, 6.45) is 0. The minimum absolute atomic E-state index is 0.273. The first-order chi connectivity index (χ1) is 5.41. The highest BCUT2D eigenvalue weighted by atomic mass is 35.5. The van der Waals surface area contributed by atoms with Gasteiger partial charge in [0.15, 0.2) is 5.75 Å². The molecule has 1 radical (unpaired) electrons. The third kappa shape index (κ3) is 1.88. The van der Waals surface area contributed by atoms with Gasteiger partial charge in [0.2, 0.25) is 0 Å². The van der Waals surface area contributed by atoms with Gasteiger partial charge in [-0.2, -0.15) is 8.42 Å². The van der Waals surface area contributed by atoms with Crippen molar-refractivity contribution in [1.82, 2.24) is 0 Å². The van der Waals surface area contributed by atoms with Crippen LogP contribution in [0, 0.1) is 0 Å². The number of halogens is 1. The Morgan fingerprint density at radius 1 is 1.33 bits per heavy atom. The summed E-state index contributed by atoms with van der Waals surface area (Å²) in [5.41, 5.74) is 0. The standard InChI is InChI=1S/C6H4ClO4S/c7-5-3-4(8)1-2-6(5)12(9,10)11/h1-3H,(H,9,10,11). The lowest BCUT2D eigenvalue weighted by molar-refractivity contribution is 0.354. The van der Waals surface area contributed by atoms with Gasteiger partial charge in [-0.25, -0.2) is 0 Å². The van der Waals surface area contributed by atoms with Crippen molar-refractivity contribution in [3.8, 4) is 5.75 Å². The summed E-state index contributed by atoms with van der Waals surface area (Å²) in [6.45, 7) is 0. The lowest BCUT2D eigenvalue weighted by Crippen LogP contribution is -1.98. The van der Waals surface area contributed by atoms with Gasteiger partial charge in [-0.15, -0.1) is 0 Å². The number of benzene rings is 1. The number of hydrogen-bond acceptors (Lipinski definition) is 2. The van der Waals surface area contributed by atoms with Crippen molar-refractivity contribution in [3.05, 3.63) is 23.2 Å². The second-order valence-electron chi connectivity index (χ2n) is 2.07. The summed E-state index contributed by atoms with van der Waals surface area (Å²) >= 11 is 5.37. The van der Waals surface area contributed by atoms with Crippen LogP contribution in [-0.4, -0.2) is 13.0 Å². The molecule has 0 atom stereocenters. The van der Waals surface area contributed by atoms with E-state index in [4.69, 9.17) is 16.2 Å². The van der Waals surface area contributed by atoms with E-state index in [9.17, 15) is 13.5 Å². The van der Waals surface area contributed by atoms with Gasteiger partial charge < -0.3 is 0 Å². The zero-order chi connectivity index (χ0) is 9.35. The Balaban J connectivity index is 3.39. The van der Waals surface area contributed by atoms with E-state index < -0.39 is 20.8 Å². The first kappa shape index (κ1) is 9.31. The summed E-state index contributed by atoms with van der Waals surface area (Å²) < 4.78 is 29.6. The van der Waals surface area contributed by atoms with Crippen LogP contribution in [0.2, 0.25) is 5.02 Å². The van der Waals surface area contributed by atoms with Crippen molar-refractivity contribution < 1.29 is 18.1 Å². The van der Waals surface area contributed by atoms with Crippen molar-refractivity contribution in [2.24, 2.45) is 0 Å². The zero-order valence-electron chi connectivity index (χ0n) is 5.69. The summed E-state index contributed by atoms with van der Waals surface area (Å²) in [7, 11) is -4.32. The smallest absolute Gasteiger partial charge is 0.290 e. The Morgan fingerprint density at radius 2 is 1.92 bits per heavy atom. The van der Waals surface area contributed by atoms with Crippen LogP contribution in [0.15, 0.2) is 23.1 Å². The minimum atomic E-state index is -4.32. The van der Waals surface area contributed by atoms with Crippen molar-refractivity contribution in [2.45, 2.75) is 4.90 Å². The zero-order valence-corrected chi connectivity index (χ0v) is 7.26. The van der Waals surface area contributed by atoms with Crippen LogP contribution in [0.25, 0.3) is 0 Å². The first-order valence-electron chi connectivity index (χ1n) is 2.85. The van der Waals surface area contributed by atoms with E-state index in [0.29, 0.717) is 0 Å². The molecule has 0 aliphatic rings. The summed E-state index contributed by atoms with van der Waals surface area (Å²) in [5, 5.41) is 10.3. The van der Waals surface area contributed by atoms with Crippen molar-refractivity contribution in [1.29, 1.82) is 0 Å². The molecule has 0 saturated heterocycles. The molecule has 1 N–H and O–H groups in total. The van der Waals surface area contributed by atoms with E-state index in [1.54, 1.807) is 0 Å². The molecule has 4 nitrogen and oxygen atoms in total. The fraction of sp³-hybridized carbons (Fsp3) is 0. The molecule has 0 aromatic heterocycles. The molecule has 0 spiro atoms. The molecule has 1 aromatic carbocycles. The van der Waals surface area contributed by atoms with Gasteiger partial charge in [0.1, 0.15) is 4.90 Å². The average molecular weight is 208 g/mol. The molecular formula is C6H4ClO4S. The Hall–Kier alpha value is -0.780. The van der Waals surface area contributed by atoms with Gasteiger partial charge >= 0.3 is 0 Å². The number of rotatable bonds is 1. The van der Waals surface area contributed by atoms with Gasteiger partial charge in [0.25, 0.3) is 10.1 Å². The molecule has 0 aliphatic carbocycles. The average Bonchev–Trinajstić information content (AvgIpc) is 1.83. The summed E-state index contributed by atoms with van der Waals surface area (Å²) in [4.78, 5) is -0.455. The van der Waals surface area contributed by atoms with Crippen LogP contribution in [-0.2, 0) is 15.2 Å². The third-order valence-corrected chi connectivity index (χ3v) is 2.52. The maximum atomic E-state index is 10.6. The predicted molar refractivity (Wildman–Crippen MR) is 41.4 cm³/mol. The molecule has 0 unspecified atom stereocenters. The van der Waals surface area contributed by atoms with Crippen molar-refractivity contribution >= 4 is 21.7 Å². The molecule has 1 aromatic rings. The highest BCUT2D eigenvalue weighted by Gasteiger charge is 2.14. The Bertz CT molecular complexity index is 398. The SMILES string of the molecule is [O]c1ccc(S(=O)(=O)O)c(Cl)c1. The van der Waals surface area contributed by atoms with Crippen LogP contribution in [0.5, 0.6) is 5.75 Å². The lowest BCUT2D eigenvalue weighted by atomic mass is 10.3. The maximum absolute atomic E-state index is 10.6.